The molecule has 6 aromatic rings. The molecule has 2 fully saturated rings. The summed E-state index contributed by atoms with van der Waals surface area (Å²) in [7, 11) is 0. The number of urea groups is 1. The van der Waals surface area contributed by atoms with E-state index in [1.807, 2.05) is 59.5 Å². The number of para-hydroxylation sites is 1. The maximum Gasteiger partial charge on any atom is 0.319 e. The lowest BCUT2D eigenvalue weighted by Crippen LogP contribution is -2.47. The molecule has 1 saturated carbocycles. The van der Waals surface area contributed by atoms with Gasteiger partial charge in [-0.3, -0.25) is 9.78 Å². The Labute approximate surface area is 335 Å². The zero-order valence-electron chi connectivity index (χ0n) is 31.9. The third kappa shape index (κ3) is 8.55. The number of aromatic nitrogens is 5. The predicted molar refractivity (Wildman–Crippen MR) is 220 cm³/mol. The maximum absolute atomic E-state index is 13.2. The van der Waals surface area contributed by atoms with E-state index < -0.39 is 36.3 Å². The van der Waals surface area contributed by atoms with E-state index >= 15 is 0 Å². The van der Waals surface area contributed by atoms with E-state index in [1.54, 1.807) is 54.5 Å². The number of nitrogens with zero attached hydrogens (tertiary/aromatic N) is 6. The molecule has 0 radical (unpaired) electrons. The van der Waals surface area contributed by atoms with Crippen LogP contribution in [-0.2, 0) is 4.79 Å². The third-order valence-corrected chi connectivity index (χ3v) is 10.8. The number of imidazole rings is 1. The van der Waals surface area contributed by atoms with Crippen LogP contribution in [0.15, 0.2) is 122 Å². The largest absolute Gasteiger partial charge is 0.481 e. The van der Waals surface area contributed by atoms with Gasteiger partial charge in [-0.05, 0) is 55.2 Å². The van der Waals surface area contributed by atoms with Crippen molar-refractivity contribution >= 4 is 40.6 Å². The Kier molecular flexibility index (Phi) is 11.4. The van der Waals surface area contributed by atoms with Crippen LogP contribution in [0.3, 0.4) is 0 Å². The number of carbonyl (C=O) groups is 2. The lowest BCUT2D eigenvalue weighted by molar-refractivity contribution is -0.128. The predicted octanol–water partition coefficient (Wildman–Crippen LogP) is 4.48. The molecule has 4 heterocycles. The first-order valence-corrected chi connectivity index (χ1v) is 19.5. The van der Waals surface area contributed by atoms with Crippen molar-refractivity contribution in [1.29, 1.82) is 0 Å². The Bertz CT molecular complexity index is 2260. The molecule has 2 aliphatic rings. The van der Waals surface area contributed by atoms with E-state index in [9.17, 15) is 19.8 Å². The van der Waals surface area contributed by atoms with Gasteiger partial charge >= 0.3 is 6.03 Å². The van der Waals surface area contributed by atoms with E-state index in [0.717, 1.165) is 11.1 Å². The van der Waals surface area contributed by atoms with Gasteiger partial charge in [-0.25, -0.2) is 9.78 Å². The summed E-state index contributed by atoms with van der Waals surface area (Å²) in [5.74, 6) is 1.05. The van der Waals surface area contributed by atoms with E-state index in [0.29, 0.717) is 60.4 Å². The number of aliphatic hydroxyl groups excluding tert-OH is 2. The van der Waals surface area contributed by atoms with E-state index in [4.69, 9.17) is 19.7 Å². The fraction of sp³-hybridized carbons (Fsp3) is 0.302. The van der Waals surface area contributed by atoms with Crippen molar-refractivity contribution in [2.24, 2.45) is 0 Å². The number of hydrogen-bond donors (Lipinski definition) is 6. The van der Waals surface area contributed by atoms with E-state index in [-0.39, 0.29) is 24.4 Å². The van der Waals surface area contributed by atoms with Crippen LogP contribution in [0.25, 0.3) is 11.2 Å². The number of nitrogens with one attached hydrogen (secondary N) is 4. The summed E-state index contributed by atoms with van der Waals surface area (Å²) in [5, 5.41) is 35.0. The second-order valence-electron chi connectivity index (χ2n) is 14.7. The standard InChI is InChI=1S/C43H46N10O5/c1-27(58-32-17-9-4-10-18-32)41(56)49-34-22-35(38(55)37(34)54)53-26-46-36-39(45-24-33(28-12-5-2-6-13-28)29-14-7-3-8-15-29)50-42(51-40(36)53)52-21-19-31(25-52)48-43(57)47-30-16-11-20-44-23-30/h2-18,20,23,26-27,31,33-35,37-38,54-55H,19,21-22,24-25H2,1H3,(H,49,56)(H,45,50,51)(H2,47,48,57)/t27-,31-,34+,35-,37-,38+/m1/s1. The molecule has 1 aliphatic carbocycles. The van der Waals surface area contributed by atoms with Gasteiger partial charge in [0.25, 0.3) is 5.91 Å². The zero-order chi connectivity index (χ0) is 40.0. The summed E-state index contributed by atoms with van der Waals surface area (Å²) < 4.78 is 7.56. The minimum atomic E-state index is -1.25. The molecular weight excluding hydrogens is 737 g/mol. The van der Waals surface area contributed by atoms with Gasteiger partial charge in [0.15, 0.2) is 23.1 Å². The molecule has 3 aromatic heterocycles. The van der Waals surface area contributed by atoms with Crippen LogP contribution < -0.4 is 30.9 Å². The summed E-state index contributed by atoms with van der Waals surface area (Å²) in [6, 6.07) is 31.1. The summed E-state index contributed by atoms with van der Waals surface area (Å²) in [4.78, 5) is 46.9. The van der Waals surface area contributed by atoms with Crippen LogP contribution in [0, 0.1) is 0 Å². The molecule has 3 aromatic carbocycles. The first-order valence-electron chi connectivity index (χ1n) is 19.5. The van der Waals surface area contributed by atoms with Crippen LogP contribution in [0.2, 0.25) is 0 Å². The van der Waals surface area contributed by atoms with Crippen molar-refractivity contribution < 1.29 is 24.5 Å². The molecule has 0 bridgehead atoms. The van der Waals surface area contributed by atoms with Crippen molar-refractivity contribution in [2.45, 2.75) is 62.1 Å². The topological polar surface area (TPSA) is 192 Å². The zero-order valence-corrected chi connectivity index (χ0v) is 31.9. The number of anilines is 3. The average molecular weight is 783 g/mol. The number of pyridine rings is 1. The van der Waals surface area contributed by atoms with Crippen molar-refractivity contribution in [2.75, 3.05) is 35.2 Å². The van der Waals surface area contributed by atoms with Crippen molar-refractivity contribution in [1.82, 2.24) is 35.1 Å². The highest BCUT2D eigenvalue weighted by Gasteiger charge is 2.44. The quantitative estimate of drug-likeness (QED) is 0.0969. The monoisotopic (exact) mass is 782 g/mol. The van der Waals surface area contributed by atoms with Gasteiger partial charge in [0.1, 0.15) is 18.0 Å². The van der Waals surface area contributed by atoms with Gasteiger partial charge in [-0.1, -0.05) is 78.9 Å². The van der Waals surface area contributed by atoms with Gasteiger partial charge in [-0.2, -0.15) is 9.97 Å². The van der Waals surface area contributed by atoms with E-state index in [1.165, 1.54) is 0 Å². The second kappa shape index (κ2) is 17.3. The number of fused-ring (bicyclic) bond motifs is 1. The fourth-order valence-corrected chi connectivity index (χ4v) is 7.74. The highest BCUT2D eigenvalue weighted by Crippen LogP contribution is 2.36. The second-order valence-corrected chi connectivity index (χ2v) is 14.7. The summed E-state index contributed by atoms with van der Waals surface area (Å²) in [6.45, 7) is 3.17. The third-order valence-electron chi connectivity index (χ3n) is 10.8. The van der Waals surface area contributed by atoms with Crippen LogP contribution in [0.1, 0.15) is 42.9 Å². The number of rotatable bonds is 13. The molecule has 15 nitrogen and oxygen atoms in total. The number of benzene rings is 3. The van der Waals surface area contributed by atoms with Crippen molar-refractivity contribution in [3.63, 3.8) is 0 Å². The number of ether oxygens (including phenoxy) is 1. The maximum atomic E-state index is 13.2. The number of aliphatic hydroxyl groups is 2. The van der Waals surface area contributed by atoms with Crippen LogP contribution in [0.5, 0.6) is 5.75 Å². The van der Waals surface area contributed by atoms with Gasteiger partial charge in [0.05, 0.1) is 30.3 Å². The Morgan fingerprint density at radius 2 is 1.59 bits per heavy atom. The normalized spacial score (nSPS) is 20.8. The average Bonchev–Trinajstić information content (AvgIpc) is 3.97. The Balaban J connectivity index is 1.06. The molecule has 0 unspecified atom stereocenters. The number of carbonyl (C=O) groups excluding carboxylic acids is 2. The summed E-state index contributed by atoms with van der Waals surface area (Å²) in [6.07, 6.45) is 2.38. The molecule has 6 atom stereocenters. The van der Waals surface area contributed by atoms with Crippen molar-refractivity contribution in [3.8, 4) is 5.75 Å². The molecular formula is C43H46N10O5. The molecule has 0 spiro atoms. The van der Waals surface area contributed by atoms with Crippen LogP contribution >= 0.6 is 0 Å². The van der Waals surface area contributed by atoms with Gasteiger partial charge in [0.2, 0.25) is 5.95 Å². The molecule has 6 N–H and O–H groups in total. The molecule has 8 rings (SSSR count). The Morgan fingerprint density at radius 1 is 0.879 bits per heavy atom. The highest BCUT2D eigenvalue weighted by atomic mass is 16.5. The summed E-state index contributed by atoms with van der Waals surface area (Å²) >= 11 is 0. The lowest BCUT2D eigenvalue weighted by atomic mass is 9.91. The molecule has 1 saturated heterocycles. The minimum Gasteiger partial charge on any atom is -0.481 e. The lowest BCUT2D eigenvalue weighted by Gasteiger charge is -2.22. The van der Waals surface area contributed by atoms with Gasteiger partial charge in [0, 0.05) is 37.8 Å². The van der Waals surface area contributed by atoms with Crippen LogP contribution in [0.4, 0.5) is 22.2 Å². The molecule has 1 aliphatic heterocycles. The number of amides is 3. The fourth-order valence-electron chi connectivity index (χ4n) is 7.74. The molecule has 58 heavy (non-hydrogen) atoms. The minimum absolute atomic E-state index is 0.0129. The van der Waals surface area contributed by atoms with E-state index in [2.05, 4.69) is 50.5 Å². The smallest absolute Gasteiger partial charge is 0.319 e. The molecule has 3 amide bonds. The Hall–Kier alpha value is -6.58. The summed E-state index contributed by atoms with van der Waals surface area (Å²) in [5.41, 5.74) is 3.81. The highest BCUT2D eigenvalue weighted by molar-refractivity contribution is 5.89. The van der Waals surface area contributed by atoms with Gasteiger partial charge in [-0.15, -0.1) is 0 Å². The first-order chi connectivity index (χ1) is 28.3. The van der Waals surface area contributed by atoms with Crippen LogP contribution in [-0.4, -0.2) is 96.7 Å². The number of hydrogen-bond acceptors (Lipinski definition) is 11. The Morgan fingerprint density at radius 3 is 2.28 bits per heavy atom. The van der Waals surface area contributed by atoms with Gasteiger partial charge < -0.3 is 45.7 Å². The molecule has 298 valence electrons. The molecule has 15 heteroatoms. The van der Waals surface area contributed by atoms with Crippen molar-refractivity contribution in [3.05, 3.63) is 133 Å². The first kappa shape index (κ1) is 38.3. The SMILES string of the molecule is C[C@@H](Oc1ccccc1)C(=O)N[C@H]1C[C@@H](n2cnc3c(NCC(c4ccccc4)c4ccccc4)nc(N4CC[C@@H](NC(=O)Nc5cccnc5)C4)nc32)[C@H](O)[C@@H]1O.